The number of carbonyl (C=O) groups is 2. The first kappa shape index (κ1) is 27.5. The van der Waals surface area contributed by atoms with Crippen molar-refractivity contribution < 1.29 is 18.0 Å². The van der Waals surface area contributed by atoms with E-state index in [-0.39, 0.29) is 22.3 Å². The largest absolute Gasteiger partial charge is 0.355 e. The van der Waals surface area contributed by atoms with Gasteiger partial charge >= 0.3 is 0 Å². The lowest BCUT2D eigenvalue weighted by Crippen LogP contribution is -2.51. The molecular formula is C21H23Cl4N3O4S. The minimum absolute atomic E-state index is 0.0356. The van der Waals surface area contributed by atoms with Gasteiger partial charge in [0.05, 0.1) is 22.0 Å². The molecule has 0 heterocycles. The van der Waals surface area contributed by atoms with Gasteiger partial charge in [-0.05, 0) is 49.7 Å². The zero-order chi connectivity index (χ0) is 24.9. The quantitative estimate of drug-likeness (QED) is 0.490. The molecule has 0 saturated carbocycles. The van der Waals surface area contributed by atoms with Crippen molar-refractivity contribution in [1.29, 1.82) is 0 Å². The highest BCUT2D eigenvalue weighted by molar-refractivity contribution is 7.92. The molecular weight excluding hydrogens is 532 g/mol. The molecule has 0 spiro atoms. The van der Waals surface area contributed by atoms with Crippen molar-refractivity contribution in [1.82, 2.24) is 10.2 Å². The molecule has 7 nitrogen and oxygen atoms in total. The average molecular weight is 555 g/mol. The van der Waals surface area contributed by atoms with E-state index >= 15 is 0 Å². The van der Waals surface area contributed by atoms with Crippen LogP contribution in [-0.2, 0) is 26.2 Å². The predicted molar refractivity (Wildman–Crippen MR) is 134 cm³/mol. The van der Waals surface area contributed by atoms with Crippen molar-refractivity contribution in [3.63, 3.8) is 0 Å². The molecule has 0 aliphatic carbocycles. The number of sulfonamides is 1. The average Bonchev–Trinajstić information content (AvgIpc) is 2.72. The molecule has 1 N–H and O–H groups in total. The molecule has 0 fully saturated rings. The number of halogens is 4. The number of nitrogens with zero attached hydrogens (tertiary/aromatic N) is 2. The molecule has 0 aliphatic rings. The number of benzene rings is 2. The lowest BCUT2D eigenvalue weighted by molar-refractivity contribution is -0.139. The first-order valence-corrected chi connectivity index (χ1v) is 13.1. The number of rotatable bonds is 9. The Kier molecular flexibility index (Phi) is 9.70. The number of carbonyl (C=O) groups excluding carboxylic acids is 2. The van der Waals surface area contributed by atoms with Gasteiger partial charge in [0.1, 0.15) is 12.6 Å². The predicted octanol–water partition coefficient (Wildman–Crippen LogP) is 4.62. The molecule has 0 saturated heterocycles. The fourth-order valence-corrected chi connectivity index (χ4v) is 4.59. The second-order valence-electron chi connectivity index (χ2n) is 7.20. The summed E-state index contributed by atoms with van der Waals surface area (Å²) in [5.74, 6) is -1.01. The summed E-state index contributed by atoms with van der Waals surface area (Å²) in [6, 6.07) is 8.10. The van der Waals surface area contributed by atoms with Crippen LogP contribution in [0.1, 0.15) is 19.4 Å². The minimum atomic E-state index is -3.88. The van der Waals surface area contributed by atoms with Crippen LogP contribution in [0, 0.1) is 0 Å². The van der Waals surface area contributed by atoms with E-state index in [2.05, 4.69) is 5.32 Å². The highest BCUT2D eigenvalue weighted by atomic mass is 35.5. The van der Waals surface area contributed by atoms with Crippen LogP contribution in [0.4, 0.5) is 5.69 Å². The second kappa shape index (κ2) is 11.6. The van der Waals surface area contributed by atoms with Crippen LogP contribution in [-0.4, -0.2) is 50.5 Å². The Hall–Kier alpha value is -1.71. The molecule has 1 atom stereocenters. The number of anilines is 1. The van der Waals surface area contributed by atoms with Crippen LogP contribution in [0.2, 0.25) is 20.1 Å². The number of amides is 2. The van der Waals surface area contributed by atoms with Crippen molar-refractivity contribution in [3.05, 3.63) is 62.1 Å². The number of hydrogen-bond donors (Lipinski definition) is 1. The summed E-state index contributed by atoms with van der Waals surface area (Å²) in [4.78, 5) is 27.2. The van der Waals surface area contributed by atoms with Gasteiger partial charge in [0.15, 0.2) is 0 Å². The van der Waals surface area contributed by atoms with Gasteiger partial charge in [-0.2, -0.15) is 0 Å². The third-order valence-corrected chi connectivity index (χ3v) is 7.21. The molecule has 0 unspecified atom stereocenters. The van der Waals surface area contributed by atoms with Crippen molar-refractivity contribution in [2.75, 3.05) is 23.7 Å². The Balaban J connectivity index is 2.43. The van der Waals surface area contributed by atoms with Gasteiger partial charge < -0.3 is 10.2 Å². The molecule has 2 amide bonds. The van der Waals surface area contributed by atoms with E-state index in [1.807, 2.05) is 0 Å². The highest BCUT2D eigenvalue weighted by Gasteiger charge is 2.30. The van der Waals surface area contributed by atoms with Crippen LogP contribution in [0.15, 0.2) is 36.4 Å². The van der Waals surface area contributed by atoms with Gasteiger partial charge in [-0.3, -0.25) is 13.9 Å². The Morgan fingerprint density at radius 3 is 2.21 bits per heavy atom. The zero-order valence-electron chi connectivity index (χ0n) is 18.1. The van der Waals surface area contributed by atoms with Gasteiger partial charge in [0.25, 0.3) is 0 Å². The number of hydrogen-bond acceptors (Lipinski definition) is 4. The summed E-state index contributed by atoms with van der Waals surface area (Å²) in [5, 5.41) is 3.77. The van der Waals surface area contributed by atoms with E-state index in [9.17, 15) is 18.0 Å². The molecule has 0 radical (unpaired) electrons. The number of nitrogens with one attached hydrogen (secondary N) is 1. The SMILES string of the molecule is CCNC(=O)[C@H](C)N(Cc1ccc(Cl)cc1Cl)C(=O)CN(c1ccc(Cl)c(Cl)c1)S(C)(=O)=O. The van der Waals surface area contributed by atoms with Gasteiger partial charge in [0.2, 0.25) is 21.8 Å². The number of likely N-dealkylation sites (N-methyl/N-ethyl adjacent to an activating group) is 1. The normalized spacial score (nSPS) is 12.2. The fourth-order valence-electron chi connectivity index (χ4n) is 2.99. The van der Waals surface area contributed by atoms with Gasteiger partial charge in [-0.1, -0.05) is 52.5 Å². The van der Waals surface area contributed by atoms with E-state index < -0.39 is 34.4 Å². The van der Waals surface area contributed by atoms with Crippen molar-refractivity contribution in [2.45, 2.75) is 26.4 Å². The van der Waals surface area contributed by atoms with Crippen molar-refractivity contribution >= 4 is 73.9 Å². The molecule has 180 valence electrons. The highest BCUT2D eigenvalue weighted by Crippen LogP contribution is 2.29. The topological polar surface area (TPSA) is 86.8 Å². The molecule has 0 aromatic heterocycles. The van der Waals surface area contributed by atoms with Crippen molar-refractivity contribution in [2.24, 2.45) is 0 Å². The summed E-state index contributed by atoms with van der Waals surface area (Å²) < 4.78 is 25.9. The first-order valence-electron chi connectivity index (χ1n) is 9.79. The summed E-state index contributed by atoms with van der Waals surface area (Å²) in [6.07, 6.45) is 0.969. The van der Waals surface area contributed by atoms with E-state index in [0.29, 0.717) is 22.2 Å². The van der Waals surface area contributed by atoms with Crippen LogP contribution >= 0.6 is 46.4 Å². The smallest absolute Gasteiger partial charge is 0.244 e. The minimum Gasteiger partial charge on any atom is -0.355 e. The van der Waals surface area contributed by atoms with Gasteiger partial charge in [-0.15, -0.1) is 0 Å². The van der Waals surface area contributed by atoms with Crippen LogP contribution < -0.4 is 9.62 Å². The monoisotopic (exact) mass is 553 g/mol. The lowest BCUT2D eigenvalue weighted by atomic mass is 10.1. The van der Waals surface area contributed by atoms with E-state index in [4.69, 9.17) is 46.4 Å². The molecule has 12 heteroatoms. The Morgan fingerprint density at radius 1 is 1.00 bits per heavy atom. The molecule has 2 aromatic carbocycles. The molecule has 0 bridgehead atoms. The molecule has 33 heavy (non-hydrogen) atoms. The van der Waals surface area contributed by atoms with Crippen LogP contribution in [0.5, 0.6) is 0 Å². The maximum absolute atomic E-state index is 13.4. The maximum atomic E-state index is 13.4. The van der Waals surface area contributed by atoms with E-state index in [0.717, 1.165) is 10.6 Å². The summed E-state index contributed by atoms with van der Waals surface area (Å²) >= 11 is 24.2. The van der Waals surface area contributed by atoms with Crippen LogP contribution in [0.25, 0.3) is 0 Å². The van der Waals surface area contributed by atoms with Gasteiger partial charge in [0, 0.05) is 23.1 Å². The molecule has 0 aliphatic heterocycles. The van der Waals surface area contributed by atoms with E-state index in [1.165, 1.54) is 29.2 Å². The second-order valence-corrected chi connectivity index (χ2v) is 10.8. The van der Waals surface area contributed by atoms with Crippen molar-refractivity contribution in [3.8, 4) is 0 Å². The molecule has 2 rings (SSSR count). The Bertz CT molecular complexity index is 1140. The fraction of sp³-hybridized carbons (Fsp3) is 0.333. The third kappa shape index (κ3) is 7.39. The summed E-state index contributed by atoms with van der Waals surface area (Å²) in [5.41, 5.74) is 0.710. The van der Waals surface area contributed by atoms with E-state index in [1.54, 1.807) is 26.0 Å². The zero-order valence-corrected chi connectivity index (χ0v) is 22.0. The third-order valence-electron chi connectivity index (χ3n) is 4.74. The Labute approximate surface area is 213 Å². The summed E-state index contributed by atoms with van der Waals surface area (Å²) in [6.45, 7) is 3.07. The first-order chi connectivity index (χ1) is 15.3. The lowest BCUT2D eigenvalue weighted by Gasteiger charge is -2.31. The summed E-state index contributed by atoms with van der Waals surface area (Å²) in [7, 11) is -3.88. The van der Waals surface area contributed by atoms with Crippen LogP contribution in [0.3, 0.4) is 0 Å². The Morgan fingerprint density at radius 2 is 1.67 bits per heavy atom. The molecule has 2 aromatic rings. The van der Waals surface area contributed by atoms with Gasteiger partial charge in [-0.25, -0.2) is 8.42 Å². The maximum Gasteiger partial charge on any atom is 0.244 e. The standard InChI is InChI=1S/C21H23Cl4N3O4S/c1-4-26-21(30)13(2)27(11-14-5-6-15(22)9-18(14)24)20(29)12-28(33(3,31)32)16-7-8-17(23)19(25)10-16/h5-10,13H,4,11-12H2,1-3H3,(H,26,30)/t13-/m0/s1.